The minimum absolute atomic E-state index is 0. The molecule has 0 aliphatic carbocycles. The van der Waals surface area contributed by atoms with Crippen molar-refractivity contribution in [2.75, 3.05) is 6.61 Å². The zero-order valence-electron chi connectivity index (χ0n) is 13.3. The van der Waals surface area contributed by atoms with Crippen LogP contribution in [0.5, 0.6) is 5.75 Å². The number of rotatable bonds is 3. The number of halogens is 1. The van der Waals surface area contributed by atoms with Crippen LogP contribution in [0.15, 0.2) is 35.5 Å². The maximum absolute atomic E-state index is 6.04. The highest BCUT2D eigenvalue weighted by molar-refractivity contribution is 14.0. The highest BCUT2D eigenvalue weighted by Crippen LogP contribution is 2.31. The molecule has 1 unspecified atom stereocenters. The minimum Gasteiger partial charge on any atom is -0.493 e. The standard InChI is InChI=1S/C16H21N5O.HI/c1-11-12(10-19-21(11)2)9-18-16(17)20-14-7-8-22-15-6-4-3-5-13(14)15;/h3-6,10,14H,7-9H2,1-2H3,(H3,17,18,20);1H. The number of benzene rings is 1. The zero-order chi connectivity index (χ0) is 15.5. The lowest BCUT2D eigenvalue weighted by Crippen LogP contribution is -2.37. The summed E-state index contributed by atoms with van der Waals surface area (Å²) in [5.74, 6) is 1.37. The fourth-order valence-corrected chi connectivity index (χ4v) is 2.59. The van der Waals surface area contributed by atoms with Crippen LogP contribution >= 0.6 is 24.0 Å². The highest BCUT2D eigenvalue weighted by atomic mass is 127. The number of hydrogen-bond acceptors (Lipinski definition) is 3. The molecule has 124 valence electrons. The van der Waals surface area contributed by atoms with Crippen LogP contribution < -0.4 is 15.8 Å². The Hall–Kier alpha value is -1.77. The molecular formula is C16H22IN5O. The molecule has 0 spiro atoms. The van der Waals surface area contributed by atoms with Gasteiger partial charge in [0, 0.05) is 30.3 Å². The van der Waals surface area contributed by atoms with E-state index in [1.165, 1.54) is 0 Å². The van der Waals surface area contributed by atoms with Crippen molar-refractivity contribution in [2.45, 2.75) is 25.9 Å². The van der Waals surface area contributed by atoms with Crippen LogP contribution in [-0.2, 0) is 13.6 Å². The lowest BCUT2D eigenvalue weighted by atomic mass is 10.0. The zero-order valence-corrected chi connectivity index (χ0v) is 15.7. The van der Waals surface area contributed by atoms with Gasteiger partial charge in [-0.25, -0.2) is 4.99 Å². The minimum atomic E-state index is 0. The van der Waals surface area contributed by atoms with Gasteiger partial charge in [-0.2, -0.15) is 5.10 Å². The average Bonchev–Trinajstić information content (AvgIpc) is 2.85. The number of fused-ring (bicyclic) bond motifs is 1. The molecule has 0 amide bonds. The molecule has 7 heteroatoms. The number of hydrogen-bond donors (Lipinski definition) is 2. The molecule has 6 nitrogen and oxygen atoms in total. The smallest absolute Gasteiger partial charge is 0.189 e. The van der Waals surface area contributed by atoms with E-state index in [2.05, 4.69) is 21.5 Å². The van der Waals surface area contributed by atoms with E-state index >= 15 is 0 Å². The maximum Gasteiger partial charge on any atom is 0.189 e. The molecular weight excluding hydrogens is 405 g/mol. The Labute approximate surface area is 153 Å². The van der Waals surface area contributed by atoms with Crippen LogP contribution in [0.4, 0.5) is 0 Å². The van der Waals surface area contributed by atoms with Crippen LogP contribution in [-0.4, -0.2) is 22.3 Å². The lowest BCUT2D eigenvalue weighted by Gasteiger charge is -2.26. The molecule has 3 N–H and O–H groups in total. The summed E-state index contributed by atoms with van der Waals surface area (Å²) < 4.78 is 7.49. The third-order valence-corrected chi connectivity index (χ3v) is 4.04. The van der Waals surface area contributed by atoms with E-state index in [-0.39, 0.29) is 30.0 Å². The molecule has 0 saturated heterocycles. The van der Waals surface area contributed by atoms with E-state index in [1.807, 2.05) is 43.0 Å². The van der Waals surface area contributed by atoms with Gasteiger partial charge in [0.1, 0.15) is 5.75 Å². The van der Waals surface area contributed by atoms with Crippen molar-refractivity contribution in [3.8, 4) is 5.75 Å². The van der Waals surface area contributed by atoms with Crippen LogP contribution in [0.25, 0.3) is 0 Å². The van der Waals surface area contributed by atoms with Gasteiger partial charge >= 0.3 is 0 Å². The number of aryl methyl sites for hydroxylation is 1. The van der Waals surface area contributed by atoms with Crippen molar-refractivity contribution in [3.63, 3.8) is 0 Å². The molecule has 2 aromatic rings. The van der Waals surface area contributed by atoms with Crippen molar-refractivity contribution >= 4 is 29.9 Å². The number of aliphatic imine (C=N–C) groups is 1. The van der Waals surface area contributed by atoms with Gasteiger partial charge in [0.2, 0.25) is 0 Å². The van der Waals surface area contributed by atoms with E-state index in [4.69, 9.17) is 10.5 Å². The summed E-state index contributed by atoms with van der Waals surface area (Å²) in [6.07, 6.45) is 2.70. The van der Waals surface area contributed by atoms with Crippen LogP contribution in [0.2, 0.25) is 0 Å². The molecule has 0 fully saturated rings. The van der Waals surface area contributed by atoms with Gasteiger partial charge in [0.25, 0.3) is 0 Å². The summed E-state index contributed by atoms with van der Waals surface area (Å²) >= 11 is 0. The summed E-state index contributed by atoms with van der Waals surface area (Å²) in [5, 5.41) is 7.50. The van der Waals surface area contributed by atoms with E-state index in [9.17, 15) is 0 Å². The van der Waals surface area contributed by atoms with Crippen LogP contribution in [0.3, 0.4) is 0 Å². The molecule has 1 aliphatic heterocycles. The van der Waals surface area contributed by atoms with Crippen molar-refractivity contribution in [3.05, 3.63) is 47.3 Å². The number of para-hydroxylation sites is 1. The molecule has 1 aliphatic rings. The Morgan fingerprint density at radius 1 is 1.48 bits per heavy atom. The lowest BCUT2D eigenvalue weighted by molar-refractivity contribution is 0.262. The molecule has 0 saturated carbocycles. The average molecular weight is 427 g/mol. The van der Waals surface area contributed by atoms with E-state index in [0.717, 1.165) is 29.0 Å². The molecule has 1 aromatic heterocycles. The second kappa shape index (κ2) is 7.67. The molecule has 3 rings (SSSR count). The highest BCUT2D eigenvalue weighted by Gasteiger charge is 2.21. The van der Waals surface area contributed by atoms with E-state index < -0.39 is 0 Å². The van der Waals surface area contributed by atoms with Crippen LogP contribution in [0, 0.1) is 6.92 Å². The number of nitrogens with two attached hydrogens (primary N) is 1. The molecule has 1 aromatic carbocycles. The van der Waals surface area contributed by atoms with Gasteiger partial charge in [-0.05, 0) is 13.0 Å². The molecule has 0 bridgehead atoms. The maximum atomic E-state index is 6.04. The summed E-state index contributed by atoms with van der Waals surface area (Å²) in [6.45, 7) is 3.24. The number of aromatic nitrogens is 2. The fraction of sp³-hybridized carbons (Fsp3) is 0.375. The van der Waals surface area contributed by atoms with Crippen LogP contribution in [0.1, 0.15) is 29.3 Å². The number of nitrogens with one attached hydrogen (secondary N) is 1. The first-order valence-electron chi connectivity index (χ1n) is 7.41. The van der Waals surface area contributed by atoms with Gasteiger partial charge in [-0.1, -0.05) is 18.2 Å². The first-order valence-corrected chi connectivity index (χ1v) is 7.41. The van der Waals surface area contributed by atoms with Gasteiger partial charge < -0.3 is 15.8 Å². The fourth-order valence-electron chi connectivity index (χ4n) is 2.59. The topological polar surface area (TPSA) is 77.5 Å². The molecule has 23 heavy (non-hydrogen) atoms. The van der Waals surface area contributed by atoms with Crippen molar-refractivity contribution in [1.82, 2.24) is 15.1 Å². The summed E-state index contributed by atoms with van der Waals surface area (Å²) in [5.41, 5.74) is 9.35. The van der Waals surface area contributed by atoms with Gasteiger partial charge in [0.15, 0.2) is 5.96 Å². The molecule has 0 radical (unpaired) electrons. The number of nitrogens with zero attached hydrogens (tertiary/aromatic N) is 3. The normalized spacial score (nSPS) is 17.0. The Bertz CT molecular complexity index is 698. The Morgan fingerprint density at radius 2 is 2.26 bits per heavy atom. The Kier molecular flexibility index (Phi) is 5.86. The monoisotopic (exact) mass is 427 g/mol. The predicted molar refractivity (Wildman–Crippen MR) is 101 cm³/mol. The molecule has 2 heterocycles. The number of ether oxygens (including phenoxy) is 1. The van der Waals surface area contributed by atoms with Crippen molar-refractivity contribution < 1.29 is 4.74 Å². The van der Waals surface area contributed by atoms with E-state index in [0.29, 0.717) is 19.1 Å². The first-order chi connectivity index (χ1) is 10.6. The summed E-state index contributed by atoms with van der Waals surface area (Å²) in [7, 11) is 1.92. The van der Waals surface area contributed by atoms with E-state index in [1.54, 1.807) is 0 Å². The number of guanidine groups is 1. The summed E-state index contributed by atoms with van der Waals surface area (Å²) in [6, 6.07) is 8.17. The van der Waals surface area contributed by atoms with Gasteiger partial charge in [0.05, 0.1) is 25.4 Å². The second-order valence-electron chi connectivity index (χ2n) is 5.45. The Morgan fingerprint density at radius 3 is 3.00 bits per heavy atom. The predicted octanol–water partition coefficient (Wildman–Crippen LogP) is 2.27. The third kappa shape index (κ3) is 3.95. The SMILES string of the molecule is Cc1c(CN=C(N)NC2CCOc3ccccc32)cnn1C.I. The van der Waals surface area contributed by atoms with Crippen molar-refractivity contribution in [1.29, 1.82) is 0 Å². The van der Waals surface area contributed by atoms with Gasteiger partial charge in [-0.3, -0.25) is 4.68 Å². The summed E-state index contributed by atoms with van der Waals surface area (Å²) in [4.78, 5) is 4.42. The Balaban J connectivity index is 0.00000192. The first kappa shape index (κ1) is 17.6. The largest absolute Gasteiger partial charge is 0.493 e. The third-order valence-electron chi connectivity index (χ3n) is 4.04. The van der Waals surface area contributed by atoms with Crippen molar-refractivity contribution in [2.24, 2.45) is 17.8 Å². The molecule has 1 atom stereocenters. The second-order valence-corrected chi connectivity index (χ2v) is 5.45. The quantitative estimate of drug-likeness (QED) is 0.448. The van der Waals surface area contributed by atoms with Gasteiger partial charge in [-0.15, -0.1) is 24.0 Å².